The molecule has 1 aromatic rings. The van der Waals surface area contributed by atoms with Crippen LogP contribution in [0.1, 0.15) is 30.6 Å². The van der Waals surface area contributed by atoms with Crippen molar-refractivity contribution in [2.24, 2.45) is 5.92 Å². The molecule has 4 rings (SSSR count). The van der Waals surface area contributed by atoms with Gasteiger partial charge in [-0.25, -0.2) is 0 Å². The third kappa shape index (κ3) is 2.29. The van der Waals surface area contributed by atoms with Crippen LogP contribution in [0.15, 0.2) is 17.5 Å². The maximum atomic E-state index is 12.4. The molecule has 0 aromatic carbocycles. The Hall–Kier alpha value is -0.870. The molecule has 3 nitrogen and oxygen atoms in total. The molecule has 108 valence electrons. The first kappa shape index (κ1) is 12.8. The monoisotopic (exact) mass is 290 g/mol. The molecule has 1 spiro atoms. The van der Waals surface area contributed by atoms with Crippen LogP contribution in [0.3, 0.4) is 0 Å². The number of nitrogens with zero attached hydrogens (tertiary/aromatic N) is 2. The van der Waals surface area contributed by atoms with Gasteiger partial charge in [-0.3, -0.25) is 9.69 Å². The first-order valence-corrected chi connectivity index (χ1v) is 8.68. The van der Waals surface area contributed by atoms with Crippen molar-refractivity contribution in [1.29, 1.82) is 0 Å². The Morgan fingerprint density at radius 3 is 2.85 bits per heavy atom. The van der Waals surface area contributed by atoms with Gasteiger partial charge in [0.15, 0.2) is 0 Å². The summed E-state index contributed by atoms with van der Waals surface area (Å²) in [4.78, 5) is 18.4. The minimum Gasteiger partial charge on any atom is -0.340 e. The standard InChI is InChI=1S/C16H22N2OS/c19-15(10-14-2-1-9-20-14)17-7-5-16(12-17)6-8-18(16)11-13-3-4-13/h1-2,9,13H,3-8,10-12H2/t16-/m1/s1. The Bertz CT molecular complexity index is 497. The number of thiophene rings is 1. The molecule has 1 atom stereocenters. The highest BCUT2D eigenvalue weighted by atomic mass is 32.1. The SMILES string of the molecule is O=C(Cc1cccs1)N1CC[C@@]2(CCN2CC2CC2)C1. The Morgan fingerprint density at radius 1 is 1.35 bits per heavy atom. The van der Waals surface area contributed by atoms with Gasteiger partial charge in [-0.05, 0) is 43.0 Å². The molecule has 1 saturated carbocycles. The fraction of sp³-hybridized carbons (Fsp3) is 0.688. The molecular formula is C16H22N2OS. The molecule has 0 bridgehead atoms. The van der Waals surface area contributed by atoms with E-state index < -0.39 is 0 Å². The van der Waals surface area contributed by atoms with Crippen LogP contribution in [0.5, 0.6) is 0 Å². The molecule has 0 N–H and O–H groups in total. The average Bonchev–Trinajstić information content (AvgIpc) is 2.93. The summed E-state index contributed by atoms with van der Waals surface area (Å²) in [6.07, 6.45) is 5.93. The lowest BCUT2D eigenvalue weighted by molar-refractivity contribution is -0.130. The van der Waals surface area contributed by atoms with Gasteiger partial charge in [-0.1, -0.05) is 6.07 Å². The van der Waals surface area contributed by atoms with Gasteiger partial charge in [0.25, 0.3) is 0 Å². The minimum absolute atomic E-state index is 0.322. The Balaban J connectivity index is 1.36. The first-order valence-electron chi connectivity index (χ1n) is 7.80. The van der Waals surface area contributed by atoms with Gasteiger partial charge in [0.05, 0.1) is 6.42 Å². The topological polar surface area (TPSA) is 23.6 Å². The molecular weight excluding hydrogens is 268 g/mol. The van der Waals surface area contributed by atoms with Gasteiger partial charge in [0.2, 0.25) is 5.91 Å². The third-order valence-electron chi connectivity index (χ3n) is 5.28. The normalized spacial score (nSPS) is 29.9. The summed E-state index contributed by atoms with van der Waals surface area (Å²) in [6.45, 7) is 4.48. The zero-order chi connectivity index (χ0) is 13.6. The van der Waals surface area contributed by atoms with Gasteiger partial charge in [-0.15, -0.1) is 11.3 Å². The van der Waals surface area contributed by atoms with Crippen LogP contribution in [0, 0.1) is 5.92 Å². The minimum atomic E-state index is 0.322. The number of carbonyl (C=O) groups is 1. The second kappa shape index (κ2) is 4.85. The Kier molecular flexibility index (Phi) is 3.11. The van der Waals surface area contributed by atoms with Crippen molar-refractivity contribution in [3.05, 3.63) is 22.4 Å². The Labute approximate surface area is 124 Å². The lowest BCUT2D eigenvalue weighted by Crippen LogP contribution is -2.61. The summed E-state index contributed by atoms with van der Waals surface area (Å²) in [5.41, 5.74) is 0.355. The van der Waals surface area contributed by atoms with E-state index in [1.165, 1.54) is 43.6 Å². The number of hydrogen-bond acceptors (Lipinski definition) is 3. The average molecular weight is 290 g/mol. The molecule has 4 heteroatoms. The van der Waals surface area contributed by atoms with Gasteiger partial charge in [0.1, 0.15) is 0 Å². The molecule has 20 heavy (non-hydrogen) atoms. The fourth-order valence-electron chi connectivity index (χ4n) is 3.69. The maximum absolute atomic E-state index is 12.4. The van der Waals surface area contributed by atoms with E-state index >= 15 is 0 Å². The number of rotatable bonds is 4. The van der Waals surface area contributed by atoms with Crippen LogP contribution >= 0.6 is 11.3 Å². The van der Waals surface area contributed by atoms with E-state index in [1.807, 2.05) is 6.07 Å². The van der Waals surface area contributed by atoms with Crippen molar-refractivity contribution in [3.63, 3.8) is 0 Å². The van der Waals surface area contributed by atoms with E-state index in [0.717, 1.165) is 19.0 Å². The maximum Gasteiger partial charge on any atom is 0.227 e. The summed E-state index contributed by atoms with van der Waals surface area (Å²) in [6, 6.07) is 4.10. The van der Waals surface area contributed by atoms with Crippen molar-refractivity contribution in [1.82, 2.24) is 9.80 Å². The van der Waals surface area contributed by atoms with E-state index in [9.17, 15) is 4.79 Å². The van der Waals surface area contributed by atoms with Crippen LogP contribution in [0.4, 0.5) is 0 Å². The zero-order valence-electron chi connectivity index (χ0n) is 11.9. The highest BCUT2D eigenvalue weighted by Crippen LogP contribution is 2.42. The summed E-state index contributed by atoms with van der Waals surface area (Å²) in [7, 11) is 0. The number of carbonyl (C=O) groups excluding carboxylic acids is 1. The van der Waals surface area contributed by atoms with Crippen molar-refractivity contribution >= 4 is 17.2 Å². The summed E-state index contributed by atoms with van der Waals surface area (Å²) >= 11 is 1.69. The molecule has 1 aliphatic carbocycles. The molecule has 1 amide bonds. The molecule has 0 unspecified atom stereocenters. The summed E-state index contributed by atoms with van der Waals surface area (Å²) in [5.74, 6) is 1.28. The van der Waals surface area contributed by atoms with Crippen LogP contribution in [-0.4, -0.2) is 47.4 Å². The predicted molar refractivity (Wildman–Crippen MR) is 80.9 cm³/mol. The lowest BCUT2D eigenvalue weighted by Gasteiger charge is -2.51. The molecule has 3 aliphatic rings. The fourth-order valence-corrected chi connectivity index (χ4v) is 4.38. The number of amides is 1. The largest absolute Gasteiger partial charge is 0.340 e. The van der Waals surface area contributed by atoms with E-state index in [-0.39, 0.29) is 0 Å². The van der Waals surface area contributed by atoms with Crippen LogP contribution < -0.4 is 0 Å². The van der Waals surface area contributed by atoms with Gasteiger partial charge >= 0.3 is 0 Å². The van der Waals surface area contributed by atoms with E-state index in [2.05, 4.69) is 21.2 Å². The van der Waals surface area contributed by atoms with Crippen molar-refractivity contribution in [2.45, 2.75) is 37.6 Å². The second-order valence-corrected chi connectivity index (χ2v) is 7.72. The molecule has 0 radical (unpaired) electrons. The predicted octanol–water partition coefficient (Wildman–Crippen LogP) is 2.38. The zero-order valence-corrected chi connectivity index (χ0v) is 12.7. The number of hydrogen-bond donors (Lipinski definition) is 0. The summed E-state index contributed by atoms with van der Waals surface area (Å²) < 4.78 is 0. The quantitative estimate of drug-likeness (QED) is 0.850. The highest BCUT2D eigenvalue weighted by Gasteiger charge is 2.50. The van der Waals surface area contributed by atoms with Gasteiger partial charge in [0, 0.05) is 36.6 Å². The second-order valence-electron chi connectivity index (χ2n) is 6.69. The molecule has 2 saturated heterocycles. The summed E-state index contributed by atoms with van der Waals surface area (Å²) in [5, 5.41) is 2.05. The molecule has 1 aromatic heterocycles. The van der Waals surface area contributed by atoms with E-state index in [4.69, 9.17) is 0 Å². The van der Waals surface area contributed by atoms with Gasteiger partial charge < -0.3 is 4.90 Å². The van der Waals surface area contributed by atoms with Crippen molar-refractivity contribution < 1.29 is 4.79 Å². The van der Waals surface area contributed by atoms with E-state index in [0.29, 0.717) is 17.9 Å². The van der Waals surface area contributed by atoms with Crippen molar-refractivity contribution in [3.8, 4) is 0 Å². The van der Waals surface area contributed by atoms with E-state index in [1.54, 1.807) is 11.3 Å². The first-order chi connectivity index (χ1) is 9.75. The van der Waals surface area contributed by atoms with Crippen LogP contribution in [0.2, 0.25) is 0 Å². The molecule has 3 heterocycles. The number of likely N-dealkylation sites (tertiary alicyclic amines) is 2. The van der Waals surface area contributed by atoms with Crippen LogP contribution in [-0.2, 0) is 11.2 Å². The molecule has 2 aliphatic heterocycles. The van der Waals surface area contributed by atoms with Crippen molar-refractivity contribution in [2.75, 3.05) is 26.2 Å². The lowest BCUT2D eigenvalue weighted by atomic mass is 9.83. The Morgan fingerprint density at radius 2 is 2.20 bits per heavy atom. The van der Waals surface area contributed by atoms with Crippen LogP contribution in [0.25, 0.3) is 0 Å². The van der Waals surface area contributed by atoms with Gasteiger partial charge in [-0.2, -0.15) is 0 Å². The molecule has 3 fully saturated rings. The third-order valence-corrected chi connectivity index (χ3v) is 6.16. The smallest absolute Gasteiger partial charge is 0.227 e. The highest BCUT2D eigenvalue weighted by molar-refractivity contribution is 7.10.